The average molecular weight is 381 g/mol. The highest BCUT2D eigenvalue weighted by molar-refractivity contribution is 5.89. The molecule has 1 N–H and O–H groups in total. The standard InChI is InChI=1S/C20H23N5O3/c1-13(14-3-4-14)25-17(11-12-21-25)22-18(26)9-10-19-23-20(24-28-19)15-5-7-16(27-2)8-6-15/h5-8,11-14H,3-4,9-10H2,1-2H3,(H,22,26). The van der Waals surface area contributed by atoms with Gasteiger partial charge < -0.3 is 14.6 Å². The Bertz CT molecular complexity index is 943. The topological polar surface area (TPSA) is 95.1 Å². The van der Waals surface area contributed by atoms with Crippen LogP contribution < -0.4 is 10.1 Å². The third kappa shape index (κ3) is 4.05. The minimum absolute atomic E-state index is 0.103. The molecule has 0 spiro atoms. The molecule has 1 aliphatic carbocycles. The number of nitrogens with one attached hydrogen (secondary N) is 1. The lowest BCUT2D eigenvalue weighted by Gasteiger charge is -2.15. The zero-order valence-corrected chi connectivity index (χ0v) is 16.0. The van der Waals surface area contributed by atoms with Gasteiger partial charge in [-0.25, -0.2) is 4.68 Å². The van der Waals surface area contributed by atoms with Gasteiger partial charge in [-0.1, -0.05) is 5.16 Å². The Kier molecular flexibility index (Phi) is 5.10. The number of amides is 1. The van der Waals surface area contributed by atoms with Crippen LogP contribution in [0.3, 0.4) is 0 Å². The van der Waals surface area contributed by atoms with Gasteiger partial charge in [-0.3, -0.25) is 4.79 Å². The van der Waals surface area contributed by atoms with Crippen LogP contribution in [0.25, 0.3) is 11.4 Å². The van der Waals surface area contributed by atoms with Crippen LogP contribution in [0.5, 0.6) is 5.75 Å². The lowest BCUT2D eigenvalue weighted by molar-refractivity contribution is -0.116. The minimum atomic E-state index is -0.103. The lowest BCUT2D eigenvalue weighted by Crippen LogP contribution is -2.18. The first-order valence-electron chi connectivity index (χ1n) is 9.44. The van der Waals surface area contributed by atoms with Crippen molar-refractivity contribution in [2.24, 2.45) is 5.92 Å². The Labute approximate surface area is 162 Å². The highest BCUT2D eigenvalue weighted by Crippen LogP contribution is 2.40. The summed E-state index contributed by atoms with van der Waals surface area (Å²) in [5, 5.41) is 11.3. The molecule has 1 saturated carbocycles. The zero-order chi connectivity index (χ0) is 19.5. The van der Waals surface area contributed by atoms with Gasteiger partial charge in [-0.15, -0.1) is 0 Å². The number of benzene rings is 1. The van der Waals surface area contributed by atoms with E-state index in [1.54, 1.807) is 13.3 Å². The first kappa shape index (κ1) is 18.2. The molecule has 0 radical (unpaired) electrons. The molecule has 0 bridgehead atoms. The molecule has 0 saturated heterocycles. The van der Waals surface area contributed by atoms with E-state index in [1.165, 1.54) is 12.8 Å². The summed E-state index contributed by atoms with van der Waals surface area (Å²) in [4.78, 5) is 16.7. The number of nitrogens with zero attached hydrogens (tertiary/aromatic N) is 4. The maximum atomic E-state index is 12.3. The normalized spacial score (nSPS) is 14.6. The number of methoxy groups -OCH3 is 1. The van der Waals surface area contributed by atoms with E-state index in [4.69, 9.17) is 9.26 Å². The van der Waals surface area contributed by atoms with Crippen molar-refractivity contribution in [1.29, 1.82) is 0 Å². The smallest absolute Gasteiger partial charge is 0.227 e. The molecule has 146 valence electrons. The van der Waals surface area contributed by atoms with E-state index in [2.05, 4.69) is 27.5 Å². The molecule has 3 aromatic rings. The van der Waals surface area contributed by atoms with Crippen LogP contribution in [0, 0.1) is 5.92 Å². The molecule has 2 aromatic heterocycles. The fourth-order valence-electron chi connectivity index (χ4n) is 3.16. The Balaban J connectivity index is 1.33. The van der Waals surface area contributed by atoms with Crippen molar-refractivity contribution in [3.63, 3.8) is 0 Å². The number of carbonyl (C=O) groups excluding carboxylic acids is 1. The Hall–Kier alpha value is -3.16. The predicted molar refractivity (Wildman–Crippen MR) is 103 cm³/mol. The van der Waals surface area contributed by atoms with Gasteiger partial charge in [-0.2, -0.15) is 10.1 Å². The summed E-state index contributed by atoms with van der Waals surface area (Å²) in [6.07, 6.45) is 4.80. The second-order valence-corrected chi connectivity index (χ2v) is 7.03. The Morgan fingerprint density at radius 1 is 1.32 bits per heavy atom. The van der Waals surface area contributed by atoms with Crippen LogP contribution in [0.1, 0.15) is 38.1 Å². The second kappa shape index (κ2) is 7.84. The molecule has 1 unspecified atom stereocenters. The molecule has 4 rings (SSSR count). The van der Waals surface area contributed by atoms with E-state index in [-0.39, 0.29) is 12.3 Å². The molecule has 1 atom stereocenters. The summed E-state index contributed by atoms with van der Waals surface area (Å²) in [7, 11) is 1.62. The van der Waals surface area contributed by atoms with Gasteiger partial charge in [0.05, 0.1) is 19.3 Å². The van der Waals surface area contributed by atoms with Crippen LogP contribution in [0.4, 0.5) is 5.82 Å². The lowest BCUT2D eigenvalue weighted by atomic mass is 10.2. The molecule has 28 heavy (non-hydrogen) atoms. The molecule has 8 heteroatoms. The molecule has 1 aliphatic rings. The molecule has 1 aromatic carbocycles. The highest BCUT2D eigenvalue weighted by atomic mass is 16.5. The molecule has 2 heterocycles. The van der Waals surface area contributed by atoms with Gasteiger partial charge in [0.25, 0.3) is 0 Å². The van der Waals surface area contributed by atoms with Crippen molar-refractivity contribution in [2.75, 3.05) is 12.4 Å². The second-order valence-electron chi connectivity index (χ2n) is 7.03. The fraction of sp³-hybridized carbons (Fsp3) is 0.400. The van der Waals surface area contributed by atoms with Crippen LogP contribution >= 0.6 is 0 Å². The van der Waals surface area contributed by atoms with Gasteiger partial charge in [0.2, 0.25) is 17.6 Å². The largest absolute Gasteiger partial charge is 0.497 e. The zero-order valence-electron chi connectivity index (χ0n) is 16.0. The van der Waals surface area contributed by atoms with E-state index in [9.17, 15) is 4.79 Å². The van der Waals surface area contributed by atoms with Gasteiger partial charge >= 0.3 is 0 Å². The van der Waals surface area contributed by atoms with Crippen molar-refractivity contribution in [2.45, 2.75) is 38.6 Å². The number of hydrogen-bond donors (Lipinski definition) is 1. The van der Waals surface area contributed by atoms with E-state index in [1.807, 2.05) is 35.0 Å². The first-order chi connectivity index (χ1) is 13.6. The molecule has 8 nitrogen and oxygen atoms in total. The fourth-order valence-corrected chi connectivity index (χ4v) is 3.16. The number of aryl methyl sites for hydroxylation is 1. The molecular weight excluding hydrogens is 358 g/mol. The summed E-state index contributed by atoms with van der Waals surface area (Å²) in [5.74, 6) is 2.97. The van der Waals surface area contributed by atoms with Gasteiger partial charge in [-0.05, 0) is 49.9 Å². The van der Waals surface area contributed by atoms with E-state index < -0.39 is 0 Å². The summed E-state index contributed by atoms with van der Waals surface area (Å²) in [6.45, 7) is 2.14. The number of ether oxygens (including phenoxy) is 1. The Morgan fingerprint density at radius 2 is 2.11 bits per heavy atom. The van der Waals surface area contributed by atoms with Gasteiger partial charge in [0, 0.05) is 24.5 Å². The summed E-state index contributed by atoms with van der Waals surface area (Å²) in [5.41, 5.74) is 0.832. The maximum absolute atomic E-state index is 12.3. The molecule has 1 fully saturated rings. The third-order valence-electron chi connectivity index (χ3n) is 5.01. The van der Waals surface area contributed by atoms with Crippen LogP contribution in [-0.4, -0.2) is 32.9 Å². The monoisotopic (exact) mass is 381 g/mol. The van der Waals surface area contributed by atoms with Crippen molar-refractivity contribution in [1.82, 2.24) is 19.9 Å². The van der Waals surface area contributed by atoms with Crippen LogP contribution in [0.2, 0.25) is 0 Å². The first-order valence-corrected chi connectivity index (χ1v) is 9.44. The van der Waals surface area contributed by atoms with Crippen molar-refractivity contribution in [3.05, 3.63) is 42.4 Å². The summed E-state index contributed by atoms with van der Waals surface area (Å²) >= 11 is 0. The third-order valence-corrected chi connectivity index (χ3v) is 5.01. The molecule has 1 amide bonds. The Morgan fingerprint density at radius 3 is 2.82 bits per heavy atom. The van der Waals surface area contributed by atoms with Gasteiger partial charge in [0.1, 0.15) is 11.6 Å². The highest BCUT2D eigenvalue weighted by Gasteiger charge is 2.30. The van der Waals surface area contributed by atoms with Crippen molar-refractivity contribution < 1.29 is 14.1 Å². The summed E-state index contributed by atoms with van der Waals surface area (Å²) < 4.78 is 12.3. The average Bonchev–Trinajstić information content (AvgIpc) is 3.29. The molecule has 0 aliphatic heterocycles. The van der Waals surface area contributed by atoms with Crippen LogP contribution in [-0.2, 0) is 11.2 Å². The number of anilines is 1. The van der Waals surface area contributed by atoms with E-state index >= 15 is 0 Å². The number of aromatic nitrogens is 4. The molecular formula is C20H23N5O3. The van der Waals surface area contributed by atoms with Crippen LogP contribution in [0.15, 0.2) is 41.1 Å². The number of rotatable bonds is 8. The van der Waals surface area contributed by atoms with Crippen molar-refractivity contribution >= 4 is 11.7 Å². The summed E-state index contributed by atoms with van der Waals surface area (Å²) in [6, 6.07) is 9.53. The maximum Gasteiger partial charge on any atom is 0.227 e. The van der Waals surface area contributed by atoms with E-state index in [0.717, 1.165) is 17.1 Å². The number of carbonyl (C=O) groups is 1. The van der Waals surface area contributed by atoms with Gasteiger partial charge in [0.15, 0.2) is 0 Å². The predicted octanol–water partition coefficient (Wildman–Crippen LogP) is 3.48. The minimum Gasteiger partial charge on any atom is -0.497 e. The number of hydrogen-bond acceptors (Lipinski definition) is 6. The SMILES string of the molecule is COc1ccc(-c2noc(CCC(=O)Nc3ccnn3C(C)C3CC3)n2)cc1. The quantitative estimate of drug-likeness (QED) is 0.642. The van der Waals surface area contributed by atoms with E-state index in [0.29, 0.717) is 30.1 Å². The van der Waals surface area contributed by atoms with Crippen molar-refractivity contribution in [3.8, 4) is 17.1 Å².